The van der Waals surface area contributed by atoms with Crippen LogP contribution < -0.4 is 10.6 Å². The minimum atomic E-state index is 0.0856. The summed E-state index contributed by atoms with van der Waals surface area (Å²) in [6.45, 7) is 4.73. The molecule has 4 nitrogen and oxygen atoms in total. The van der Waals surface area contributed by atoms with Crippen molar-refractivity contribution in [2.24, 2.45) is 5.92 Å². The highest BCUT2D eigenvalue weighted by Gasteiger charge is 2.19. The fourth-order valence-electron chi connectivity index (χ4n) is 1.60. The van der Waals surface area contributed by atoms with E-state index in [0.717, 1.165) is 12.8 Å². The Morgan fingerprint density at radius 2 is 2.40 bits per heavy atom. The first-order chi connectivity index (χ1) is 7.11. The molecule has 2 unspecified atom stereocenters. The van der Waals surface area contributed by atoms with Crippen molar-refractivity contribution in [1.29, 1.82) is 0 Å². The average Bonchev–Trinajstić information content (AvgIpc) is 2.21. The largest absolute Gasteiger partial charge is 0.354 e. The Morgan fingerprint density at radius 1 is 1.67 bits per heavy atom. The molecule has 1 rings (SSSR count). The zero-order chi connectivity index (χ0) is 11.3. The molecule has 0 aliphatic carbocycles. The van der Waals surface area contributed by atoms with E-state index in [4.69, 9.17) is 0 Å². The molecule has 2 N–H and O–H groups in total. The maximum Gasteiger partial charge on any atom is 0.220 e. The van der Waals surface area contributed by atoms with Gasteiger partial charge >= 0.3 is 0 Å². The maximum atomic E-state index is 11.5. The molecule has 1 aliphatic rings. The minimum absolute atomic E-state index is 0.0856. The van der Waals surface area contributed by atoms with Crippen LogP contribution in [0.3, 0.4) is 0 Å². The molecule has 0 saturated carbocycles. The van der Waals surface area contributed by atoms with Crippen molar-refractivity contribution < 1.29 is 9.59 Å². The van der Waals surface area contributed by atoms with Crippen LogP contribution in [0, 0.1) is 5.92 Å². The number of carbonyl (C=O) groups is 2. The molecule has 0 aromatic carbocycles. The van der Waals surface area contributed by atoms with Crippen molar-refractivity contribution in [2.45, 2.75) is 45.6 Å². The van der Waals surface area contributed by atoms with Gasteiger partial charge in [0.15, 0.2) is 0 Å². The first-order valence-corrected chi connectivity index (χ1v) is 5.68. The number of carbonyl (C=O) groups excluding carboxylic acids is 2. The number of amides is 2. The topological polar surface area (TPSA) is 58.2 Å². The summed E-state index contributed by atoms with van der Waals surface area (Å²) in [7, 11) is 0. The van der Waals surface area contributed by atoms with Crippen LogP contribution in [0.5, 0.6) is 0 Å². The Balaban J connectivity index is 2.23. The van der Waals surface area contributed by atoms with Crippen molar-refractivity contribution in [2.75, 3.05) is 6.54 Å². The molecule has 0 aromatic rings. The molecule has 0 bridgehead atoms. The molecule has 0 radical (unpaired) electrons. The quantitative estimate of drug-likeness (QED) is 0.724. The van der Waals surface area contributed by atoms with Crippen LogP contribution in [0.1, 0.15) is 39.5 Å². The third kappa shape index (κ3) is 4.32. The predicted molar refractivity (Wildman–Crippen MR) is 58.2 cm³/mol. The van der Waals surface area contributed by atoms with E-state index in [-0.39, 0.29) is 17.9 Å². The van der Waals surface area contributed by atoms with Gasteiger partial charge in [-0.3, -0.25) is 9.59 Å². The summed E-state index contributed by atoms with van der Waals surface area (Å²) >= 11 is 0. The van der Waals surface area contributed by atoms with Gasteiger partial charge in [-0.25, -0.2) is 0 Å². The van der Waals surface area contributed by atoms with Crippen molar-refractivity contribution in [1.82, 2.24) is 10.6 Å². The SMILES string of the molecule is CCC(C)CC(=O)NC1CCC(=O)NC1. The number of hydrogen-bond acceptors (Lipinski definition) is 2. The molecule has 1 fully saturated rings. The van der Waals surface area contributed by atoms with Crippen LogP contribution in [-0.2, 0) is 9.59 Å². The first kappa shape index (κ1) is 12.0. The average molecular weight is 212 g/mol. The molecule has 86 valence electrons. The van der Waals surface area contributed by atoms with Crippen LogP contribution in [0.4, 0.5) is 0 Å². The lowest BCUT2D eigenvalue weighted by Gasteiger charge is -2.24. The van der Waals surface area contributed by atoms with Crippen molar-refractivity contribution in [3.05, 3.63) is 0 Å². The Labute approximate surface area is 90.8 Å². The summed E-state index contributed by atoms with van der Waals surface area (Å²) in [6, 6.07) is 0.124. The van der Waals surface area contributed by atoms with E-state index in [1.807, 2.05) is 0 Å². The molecular weight excluding hydrogens is 192 g/mol. The lowest BCUT2D eigenvalue weighted by molar-refractivity contribution is -0.126. The summed E-state index contributed by atoms with van der Waals surface area (Å²) in [5.74, 6) is 0.621. The summed E-state index contributed by atoms with van der Waals surface area (Å²) in [6.07, 6.45) is 2.89. The van der Waals surface area contributed by atoms with Gasteiger partial charge in [-0.05, 0) is 12.3 Å². The number of rotatable bonds is 4. The monoisotopic (exact) mass is 212 g/mol. The van der Waals surface area contributed by atoms with E-state index < -0.39 is 0 Å². The zero-order valence-corrected chi connectivity index (χ0v) is 9.51. The van der Waals surface area contributed by atoms with Gasteiger partial charge in [0.25, 0.3) is 0 Å². The van der Waals surface area contributed by atoms with Gasteiger partial charge in [0, 0.05) is 25.4 Å². The van der Waals surface area contributed by atoms with E-state index in [0.29, 0.717) is 25.3 Å². The molecule has 2 amide bonds. The summed E-state index contributed by atoms with van der Waals surface area (Å²) in [5, 5.41) is 5.70. The minimum Gasteiger partial charge on any atom is -0.354 e. The third-order valence-corrected chi connectivity index (χ3v) is 2.86. The van der Waals surface area contributed by atoms with E-state index in [2.05, 4.69) is 24.5 Å². The van der Waals surface area contributed by atoms with E-state index >= 15 is 0 Å². The Kier molecular flexibility index (Phi) is 4.59. The Hall–Kier alpha value is -1.06. The normalized spacial score (nSPS) is 23.1. The molecule has 1 saturated heterocycles. The lowest BCUT2D eigenvalue weighted by Crippen LogP contribution is -2.47. The summed E-state index contributed by atoms with van der Waals surface area (Å²) in [5.41, 5.74) is 0. The highest BCUT2D eigenvalue weighted by Crippen LogP contribution is 2.08. The molecule has 1 aliphatic heterocycles. The van der Waals surface area contributed by atoms with Crippen molar-refractivity contribution >= 4 is 11.8 Å². The van der Waals surface area contributed by atoms with Crippen LogP contribution in [-0.4, -0.2) is 24.4 Å². The van der Waals surface area contributed by atoms with Gasteiger partial charge in [-0.1, -0.05) is 20.3 Å². The molecular formula is C11H20N2O2. The smallest absolute Gasteiger partial charge is 0.220 e. The second-order valence-electron chi connectivity index (χ2n) is 4.32. The van der Waals surface area contributed by atoms with Gasteiger partial charge in [0.1, 0.15) is 0 Å². The van der Waals surface area contributed by atoms with Gasteiger partial charge in [-0.2, -0.15) is 0 Å². The summed E-state index contributed by atoms with van der Waals surface area (Å²) < 4.78 is 0. The highest BCUT2D eigenvalue weighted by atomic mass is 16.2. The molecule has 0 spiro atoms. The van der Waals surface area contributed by atoms with Crippen molar-refractivity contribution in [3.63, 3.8) is 0 Å². The number of piperidine rings is 1. The molecule has 15 heavy (non-hydrogen) atoms. The second kappa shape index (κ2) is 5.73. The van der Waals surface area contributed by atoms with Crippen LogP contribution in [0.25, 0.3) is 0 Å². The van der Waals surface area contributed by atoms with Gasteiger partial charge < -0.3 is 10.6 Å². The standard InChI is InChI=1S/C11H20N2O2/c1-3-8(2)6-11(15)13-9-4-5-10(14)12-7-9/h8-9H,3-7H2,1-2H3,(H,12,14)(H,13,15). The second-order valence-corrected chi connectivity index (χ2v) is 4.32. The molecule has 4 heteroatoms. The van der Waals surface area contributed by atoms with Gasteiger partial charge in [0.05, 0.1) is 0 Å². The zero-order valence-electron chi connectivity index (χ0n) is 9.51. The Morgan fingerprint density at radius 3 is 2.93 bits per heavy atom. The Bertz CT molecular complexity index is 231. The van der Waals surface area contributed by atoms with E-state index in [1.165, 1.54) is 0 Å². The predicted octanol–water partition coefficient (Wildman–Crippen LogP) is 0.817. The third-order valence-electron chi connectivity index (χ3n) is 2.86. The number of hydrogen-bond donors (Lipinski definition) is 2. The van der Waals surface area contributed by atoms with Crippen LogP contribution in [0.15, 0.2) is 0 Å². The first-order valence-electron chi connectivity index (χ1n) is 5.68. The fourth-order valence-corrected chi connectivity index (χ4v) is 1.60. The van der Waals surface area contributed by atoms with Crippen molar-refractivity contribution in [3.8, 4) is 0 Å². The summed E-state index contributed by atoms with van der Waals surface area (Å²) in [4.78, 5) is 22.4. The number of nitrogens with one attached hydrogen (secondary N) is 2. The van der Waals surface area contributed by atoms with Gasteiger partial charge in [0.2, 0.25) is 11.8 Å². The highest BCUT2D eigenvalue weighted by molar-refractivity contribution is 5.79. The van der Waals surface area contributed by atoms with Crippen LogP contribution >= 0.6 is 0 Å². The molecule has 2 atom stereocenters. The van der Waals surface area contributed by atoms with E-state index in [9.17, 15) is 9.59 Å². The molecule has 1 heterocycles. The maximum absolute atomic E-state index is 11.5. The molecule has 0 aromatic heterocycles. The fraction of sp³-hybridized carbons (Fsp3) is 0.818. The van der Waals surface area contributed by atoms with E-state index in [1.54, 1.807) is 0 Å². The van der Waals surface area contributed by atoms with Crippen LogP contribution in [0.2, 0.25) is 0 Å². The lowest BCUT2D eigenvalue weighted by atomic mass is 10.0. The van der Waals surface area contributed by atoms with Gasteiger partial charge in [-0.15, -0.1) is 0 Å².